The van der Waals surface area contributed by atoms with Gasteiger partial charge in [0, 0.05) is 24.7 Å². The molecule has 3 nitrogen and oxygen atoms in total. The molecule has 2 aliphatic heterocycles. The minimum absolute atomic E-state index is 0.324. The lowest BCUT2D eigenvalue weighted by molar-refractivity contribution is 0.402. The summed E-state index contributed by atoms with van der Waals surface area (Å²) in [6.07, 6.45) is 0. The Bertz CT molecular complexity index is 937. The van der Waals surface area contributed by atoms with Gasteiger partial charge in [-0.3, -0.25) is 0 Å². The highest BCUT2D eigenvalue weighted by Gasteiger charge is 2.42. The number of fused-ring (bicyclic) bond motifs is 3. The first-order valence-electron chi connectivity index (χ1n) is 9.75. The molecular weight excluding hydrogens is 330 g/mol. The zero-order chi connectivity index (χ0) is 18.2. The van der Waals surface area contributed by atoms with Crippen LogP contribution in [0, 0.1) is 12.8 Å². The number of nitrogens with one attached hydrogen (secondary N) is 2. The molecule has 2 N–H and O–H groups in total. The number of hydrazine groups is 1. The van der Waals surface area contributed by atoms with E-state index < -0.39 is 0 Å². The summed E-state index contributed by atoms with van der Waals surface area (Å²) in [6, 6.07) is 29.2. The summed E-state index contributed by atoms with van der Waals surface area (Å²) >= 11 is 0. The number of benzene rings is 3. The van der Waals surface area contributed by atoms with Gasteiger partial charge >= 0.3 is 0 Å². The standard InChI is InChI=1S/C24H25N3/c1-17-8-7-9-18(14-17)15-27-16-21-23(19-10-3-2-4-11-19)25-26-24(21)20-12-5-6-13-22(20)27/h2-14,21,23-26H,15-16H2,1H3. The number of para-hydroxylation sites is 1. The topological polar surface area (TPSA) is 27.3 Å². The molecule has 3 heteroatoms. The van der Waals surface area contributed by atoms with Crippen LogP contribution in [-0.2, 0) is 6.54 Å². The van der Waals surface area contributed by atoms with Crippen molar-refractivity contribution >= 4 is 5.69 Å². The molecule has 3 aromatic rings. The molecule has 2 aliphatic rings. The molecule has 136 valence electrons. The molecule has 3 unspecified atom stereocenters. The summed E-state index contributed by atoms with van der Waals surface area (Å²) in [5.74, 6) is 0.493. The molecule has 27 heavy (non-hydrogen) atoms. The van der Waals surface area contributed by atoms with Gasteiger partial charge in [0.25, 0.3) is 0 Å². The predicted molar refractivity (Wildman–Crippen MR) is 110 cm³/mol. The van der Waals surface area contributed by atoms with Crippen LogP contribution in [-0.4, -0.2) is 6.54 Å². The van der Waals surface area contributed by atoms with Crippen LogP contribution in [0.15, 0.2) is 78.9 Å². The van der Waals surface area contributed by atoms with Crippen LogP contribution in [0.2, 0.25) is 0 Å². The number of hydrogen-bond acceptors (Lipinski definition) is 3. The fourth-order valence-electron chi connectivity index (χ4n) is 4.67. The Kier molecular flexibility index (Phi) is 4.19. The maximum absolute atomic E-state index is 3.58. The molecule has 0 saturated carbocycles. The highest BCUT2D eigenvalue weighted by atomic mass is 15.4. The van der Waals surface area contributed by atoms with E-state index in [9.17, 15) is 0 Å². The molecule has 0 aromatic heterocycles. The van der Waals surface area contributed by atoms with Gasteiger partial charge in [-0.2, -0.15) is 0 Å². The Balaban J connectivity index is 1.50. The van der Waals surface area contributed by atoms with Crippen molar-refractivity contribution in [1.82, 2.24) is 10.9 Å². The normalized spacial score (nSPS) is 23.7. The van der Waals surface area contributed by atoms with Crippen LogP contribution in [0.25, 0.3) is 0 Å². The largest absolute Gasteiger partial charge is 0.367 e. The number of rotatable bonds is 3. The van der Waals surface area contributed by atoms with Crippen molar-refractivity contribution in [3.05, 3.63) is 101 Å². The zero-order valence-corrected chi connectivity index (χ0v) is 15.6. The molecule has 0 aliphatic carbocycles. The lowest BCUT2D eigenvalue weighted by atomic mass is 9.82. The molecule has 3 atom stereocenters. The van der Waals surface area contributed by atoms with Crippen molar-refractivity contribution < 1.29 is 0 Å². The van der Waals surface area contributed by atoms with E-state index in [1.807, 2.05) is 0 Å². The first-order chi connectivity index (χ1) is 13.3. The Morgan fingerprint density at radius 1 is 0.852 bits per heavy atom. The quantitative estimate of drug-likeness (QED) is 0.723. The highest BCUT2D eigenvalue weighted by molar-refractivity contribution is 5.58. The minimum Gasteiger partial charge on any atom is -0.367 e. The molecule has 0 radical (unpaired) electrons. The van der Waals surface area contributed by atoms with Gasteiger partial charge in [-0.15, -0.1) is 0 Å². The number of aryl methyl sites for hydroxylation is 1. The molecule has 1 fully saturated rings. The van der Waals surface area contributed by atoms with E-state index in [0.29, 0.717) is 18.0 Å². The van der Waals surface area contributed by atoms with Gasteiger partial charge in [0.15, 0.2) is 0 Å². The fraction of sp³-hybridized carbons (Fsp3) is 0.250. The van der Waals surface area contributed by atoms with Gasteiger partial charge < -0.3 is 4.90 Å². The maximum atomic E-state index is 3.58. The second kappa shape index (κ2) is 6.84. The van der Waals surface area contributed by atoms with Gasteiger partial charge in [0.05, 0.1) is 12.1 Å². The van der Waals surface area contributed by atoms with E-state index in [4.69, 9.17) is 0 Å². The first-order valence-corrected chi connectivity index (χ1v) is 9.75. The van der Waals surface area contributed by atoms with Gasteiger partial charge in [-0.05, 0) is 29.7 Å². The van der Waals surface area contributed by atoms with E-state index in [-0.39, 0.29) is 0 Å². The van der Waals surface area contributed by atoms with Crippen molar-refractivity contribution in [1.29, 1.82) is 0 Å². The third kappa shape index (κ3) is 3.03. The summed E-state index contributed by atoms with van der Waals surface area (Å²) in [4.78, 5) is 2.55. The fourth-order valence-corrected chi connectivity index (χ4v) is 4.67. The summed E-state index contributed by atoms with van der Waals surface area (Å²) < 4.78 is 0. The Hall–Kier alpha value is -2.62. The molecule has 2 heterocycles. The zero-order valence-electron chi connectivity index (χ0n) is 15.6. The molecule has 0 bridgehead atoms. The van der Waals surface area contributed by atoms with Crippen molar-refractivity contribution in [2.45, 2.75) is 25.6 Å². The van der Waals surface area contributed by atoms with Crippen molar-refractivity contribution in [3.63, 3.8) is 0 Å². The van der Waals surface area contributed by atoms with Crippen molar-refractivity contribution in [2.75, 3.05) is 11.4 Å². The molecule has 0 spiro atoms. The summed E-state index contributed by atoms with van der Waals surface area (Å²) in [5.41, 5.74) is 13.9. The van der Waals surface area contributed by atoms with Crippen LogP contribution in [0.5, 0.6) is 0 Å². The van der Waals surface area contributed by atoms with Gasteiger partial charge in [-0.1, -0.05) is 78.4 Å². The van der Waals surface area contributed by atoms with Crippen molar-refractivity contribution in [2.24, 2.45) is 5.92 Å². The Morgan fingerprint density at radius 3 is 2.48 bits per heavy atom. The van der Waals surface area contributed by atoms with E-state index in [0.717, 1.165) is 13.1 Å². The summed E-state index contributed by atoms with van der Waals surface area (Å²) in [7, 11) is 0. The maximum Gasteiger partial charge on any atom is 0.0546 e. The SMILES string of the molecule is Cc1cccc(CN2CC3C(c4ccccc4)NNC3c3ccccc32)c1. The number of hydrogen-bond donors (Lipinski definition) is 2. The van der Waals surface area contributed by atoms with E-state index >= 15 is 0 Å². The van der Waals surface area contributed by atoms with Crippen LogP contribution >= 0.6 is 0 Å². The van der Waals surface area contributed by atoms with Crippen LogP contribution < -0.4 is 15.8 Å². The third-order valence-corrected chi connectivity index (χ3v) is 5.91. The Morgan fingerprint density at radius 2 is 1.63 bits per heavy atom. The average molecular weight is 355 g/mol. The predicted octanol–water partition coefficient (Wildman–Crippen LogP) is 4.52. The molecular formula is C24H25N3. The first kappa shape index (κ1) is 16.5. The van der Waals surface area contributed by atoms with Gasteiger partial charge in [-0.25, -0.2) is 10.9 Å². The molecule has 5 rings (SSSR count). The number of nitrogens with zero attached hydrogens (tertiary/aromatic N) is 1. The molecule has 3 aromatic carbocycles. The molecule has 1 saturated heterocycles. The van der Waals surface area contributed by atoms with Crippen molar-refractivity contribution in [3.8, 4) is 0 Å². The monoisotopic (exact) mass is 355 g/mol. The van der Waals surface area contributed by atoms with Crippen LogP contribution in [0.1, 0.15) is 34.3 Å². The lowest BCUT2D eigenvalue weighted by Crippen LogP contribution is -2.39. The third-order valence-electron chi connectivity index (χ3n) is 5.91. The van der Waals surface area contributed by atoms with Crippen LogP contribution in [0.3, 0.4) is 0 Å². The smallest absolute Gasteiger partial charge is 0.0546 e. The second-order valence-electron chi connectivity index (χ2n) is 7.75. The second-order valence-corrected chi connectivity index (χ2v) is 7.75. The average Bonchev–Trinajstić information content (AvgIpc) is 3.13. The summed E-state index contributed by atoms with van der Waals surface area (Å²) in [5, 5.41) is 0. The van der Waals surface area contributed by atoms with Gasteiger partial charge in [0.2, 0.25) is 0 Å². The van der Waals surface area contributed by atoms with E-state index in [1.165, 1.54) is 27.9 Å². The van der Waals surface area contributed by atoms with Gasteiger partial charge in [0.1, 0.15) is 0 Å². The Labute approximate surface area is 161 Å². The number of anilines is 1. The lowest BCUT2D eigenvalue weighted by Gasteiger charge is -2.39. The minimum atomic E-state index is 0.324. The summed E-state index contributed by atoms with van der Waals surface area (Å²) in [6.45, 7) is 4.15. The van der Waals surface area contributed by atoms with E-state index in [1.54, 1.807) is 0 Å². The van der Waals surface area contributed by atoms with Crippen LogP contribution in [0.4, 0.5) is 5.69 Å². The highest BCUT2D eigenvalue weighted by Crippen LogP contribution is 2.45. The molecule has 0 amide bonds. The van der Waals surface area contributed by atoms with E-state index in [2.05, 4.69) is 102 Å².